The van der Waals surface area contributed by atoms with Crippen molar-refractivity contribution in [3.63, 3.8) is 0 Å². The summed E-state index contributed by atoms with van der Waals surface area (Å²) in [6, 6.07) is 6.33. The van der Waals surface area contributed by atoms with E-state index < -0.39 is 0 Å². The van der Waals surface area contributed by atoms with Gasteiger partial charge in [-0.3, -0.25) is 0 Å². The van der Waals surface area contributed by atoms with Crippen LogP contribution < -0.4 is 0 Å². The molecule has 0 atom stereocenters. The van der Waals surface area contributed by atoms with Crippen LogP contribution in [0, 0.1) is 3.57 Å². The molecule has 0 aliphatic rings. The lowest BCUT2D eigenvalue weighted by atomic mass is 10.4. The Morgan fingerprint density at radius 2 is 2.20 bits per heavy atom. The predicted octanol–water partition coefficient (Wildman–Crippen LogP) is 3.78. The van der Waals surface area contributed by atoms with Gasteiger partial charge in [-0.15, -0.1) is 11.8 Å². The molecule has 0 saturated heterocycles. The average molecular weight is 329 g/mol. The van der Waals surface area contributed by atoms with E-state index >= 15 is 0 Å². The van der Waals surface area contributed by atoms with E-state index in [0.717, 1.165) is 0 Å². The van der Waals surface area contributed by atoms with Crippen LogP contribution in [0.15, 0.2) is 27.6 Å². The molecule has 0 nitrogen and oxygen atoms in total. The van der Waals surface area contributed by atoms with Gasteiger partial charge in [0.15, 0.2) is 0 Å². The zero-order chi connectivity index (χ0) is 7.56. The Labute approximate surface area is 87.0 Å². The average Bonchev–Trinajstić information content (AvgIpc) is 1.94. The molecule has 1 rings (SSSR count). The van der Waals surface area contributed by atoms with Gasteiger partial charge in [-0.2, -0.15) is 0 Å². The highest BCUT2D eigenvalue weighted by Crippen LogP contribution is 2.26. The predicted molar refractivity (Wildman–Crippen MR) is 58.6 cm³/mol. The summed E-state index contributed by atoms with van der Waals surface area (Å²) >= 11 is 7.54. The molecule has 1 aromatic carbocycles. The molecule has 0 unspecified atom stereocenters. The van der Waals surface area contributed by atoms with Crippen LogP contribution in [0.25, 0.3) is 0 Å². The first kappa shape index (κ1) is 8.87. The topological polar surface area (TPSA) is 0 Å². The molecule has 0 aliphatic heterocycles. The Bertz CT molecular complexity index is 237. The molecule has 0 saturated carbocycles. The summed E-state index contributed by atoms with van der Waals surface area (Å²) in [6.45, 7) is 0. The first-order valence-corrected chi connectivity index (χ1v) is 5.82. The Morgan fingerprint density at radius 3 is 2.70 bits per heavy atom. The maximum absolute atomic E-state index is 3.47. The van der Waals surface area contributed by atoms with Crippen molar-refractivity contribution in [2.45, 2.75) is 4.90 Å². The molecule has 3 heteroatoms. The standard InChI is InChI=1S/C7H6BrIS/c1-10-7-4-5(9)2-3-6(7)8/h2-4H,1H3. The SMILES string of the molecule is CSc1cc(I)ccc1Br. The molecule has 0 heterocycles. The van der Waals surface area contributed by atoms with E-state index in [1.165, 1.54) is 12.9 Å². The third-order valence-electron chi connectivity index (χ3n) is 1.11. The monoisotopic (exact) mass is 328 g/mol. The minimum absolute atomic E-state index is 1.18. The van der Waals surface area contributed by atoms with Crippen molar-refractivity contribution >= 4 is 50.3 Å². The van der Waals surface area contributed by atoms with Gasteiger partial charge in [-0.25, -0.2) is 0 Å². The van der Waals surface area contributed by atoms with E-state index in [0.29, 0.717) is 0 Å². The van der Waals surface area contributed by atoms with Crippen LogP contribution in [0.3, 0.4) is 0 Å². The van der Waals surface area contributed by atoms with E-state index in [4.69, 9.17) is 0 Å². The van der Waals surface area contributed by atoms with Gasteiger partial charge in [-0.05, 0) is 63.0 Å². The van der Waals surface area contributed by atoms with Crippen LogP contribution in [-0.4, -0.2) is 6.26 Å². The van der Waals surface area contributed by atoms with E-state index in [9.17, 15) is 0 Å². The molecular formula is C7H6BrIS. The lowest BCUT2D eigenvalue weighted by Crippen LogP contribution is -1.74. The van der Waals surface area contributed by atoms with Gasteiger partial charge in [0, 0.05) is 12.9 Å². The first-order chi connectivity index (χ1) is 4.74. The molecular weight excluding hydrogens is 323 g/mol. The van der Waals surface area contributed by atoms with Crippen molar-refractivity contribution in [1.82, 2.24) is 0 Å². The summed E-state index contributed by atoms with van der Waals surface area (Å²) in [5, 5.41) is 0. The number of benzene rings is 1. The number of hydrogen-bond acceptors (Lipinski definition) is 1. The van der Waals surface area contributed by atoms with Crippen LogP contribution in [0.5, 0.6) is 0 Å². The van der Waals surface area contributed by atoms with E-state index in [2.05, 4.69) is 63.0 Å². The summed E-state index contributed by atoms with van der Waals surface area (Å²) in [5.41, 5.74) is 0. The van der Waals surface area contributed by atoms with Gasteiger partial charge in [0.05, 0.1) is 0 Å². The Kier molecular flexibility index (Phi) is 3.52. The zero-order valence-corrected chi connectivity index (χ0v) is 9.96. The largest absolute Gasteiger partial charge is 0.128 e. The lowest BCUT2D eigenvalue weighted by molar-refractivity contribution is 1.39. The fourth-order valence-electron chi connectivity index (χ4n) is 0.634. The normalized spacial score (nSPS) is 9.90. The molecule has 1 aromatic rings. The zero-order valence-electron chi connectivity index (χ0n) is 5.40. The highest BCUT2D eigenvalue weighted by molar-refractivity contribution is 14.1. The molecule has 0 spiro atoms. The number of thioether (sulfide) groups is 1. The summed E-state index contributed by atoms with van der Waals surface area (Å²) in [6.07, 6.45) is 2.08. The molecule has 0 aliphatic carbocycles. The molecule has 0 amide bonds. The molecule has 0 N–H and O–H groups in total. The minimum Gasteiger partial charge on any atom is -0.128 e. The van der Waals surface area contributed by atoms with Crippen LogP contribution >= 0.6 is 50.3 Å². The van der Waals surface area contributed by atoms with Crippen LogP contribution in [0.1, 0.15) is 0 Å². The smallest absolute Gasteiger partial charge is 0.0311 e. The van der Waals surface area contributed by atoms with Gasteiger partial charge < -0.3 is 0 Å². The Hall–Kier alpha value is 0.780. The highest BCUT2D eigenvalue weighted by atomic mass is 127. The maximum Gasteiger partial charge on any atom is 0.0311 e. The summed E-state index contributed by atoms with van der Waals surface area (Å²) in [7, 11) is 0. The van der Waals surface area contributed by atoms with Gasteiger partial charge in [0.25, 0.3) is 0 Å². The molecule has 54 valence electrons. The summed E-state index contributed by atoms with van der Waals surface area (Å²) in [4.78, 5) is 1.30. The van der Waals surface area contributed by atoms with Crippen molar-refractivity contribution in [3.8, 4) is 0 Å². The second-order valence-corrected chi connectivity index (χ2v) is 4.73. The van der Waals surface area contributed by atoms with Crippen molar-refractivity contribution < 1.29 is 0 Å². The highest BCUT2D eigenvalue weighted by Gasteiger charge is 1.96. The number of rotatable bonds is 1. The Balaban J connectivity index is 3.09. The third-order valence-corrected chi connectivity index (χ3v) is 3.52. The number of halogens is 2. The maximum atomic E-state index is 3.47. The van der Waals surface area contributed by atoms with Gasteiger partial charge >= 0.3 is 0 Å². The second kappa shape index (κ2) is 3.97. The fraction of sp³-hybridized carbons (Fsp3) is 0.143. The molecule has 0 bridgehead atoms. The first-order valence-electron chi connectivity index (χ1n) is 2.73. The third kappa shape index (κ3) is 2.13. The van der Waals surface area contributed by atoms with Crippen molar-refractivity contribution in [2.24, 2.45) is 0 Å². The molecule has 0 radical (unpaired) electrons. The van der Waals surface area contributed by atoms with Gasteiger partial charge in [0.1, 0.15) is 0 Å². The lowest BCUT2D eigenvalue weighted by Gasteiger charge is -1.99. The van der Waals surface area contributed by atoms with Crippen LogP contribution in [0.4, 0.5) is 0 Å². The fourth-order valence-corrected chi connectivity index (χ4v) is 2.58. The van der Waals surface area contributed by atoms with E-state index in [-0.39, 0.29) is 0 Å². The van der Waals surface area contributed by atoms with Gasteiger partial charge in [-0.1, -0.05) is 0 Å². The molecule has 10 heavy (non-hydrogen) atoms. The van der Waals surface area contributed by atoms with E-state index in [1.807, 2.05) is 0 Å². The summed E-state index contributed by atoms with van der Waals surface area (Å²) in [5.74, 6) is 0. The van der Waals surface area contributed by atoms with Crippen LogP contribution in [0.2, 0.25) is 0 Å². The van der Waals surface area contributed by atoms with Crippen molar-refractivity contribution in [2.75, 3.05) is 6.26 Å². The van der Waals surface area contributed by atoms with Crippen molar-refractivity contribution in [1.29, 1.82) is 0 Å². The van der Waals surface area contributed by atoms with Crippen LogP contribution in [-0.2, 0) is 0 Å². The second-order valence-electron chi connectivity index (χ2n) is 1.78. The van der Waals surface area contributed by atoms with Crippen molar-refractivity contribution in [3.05, 3.63) is 26.2 Å². The quantitative estimate of drug-likeness (QED) is 0.558. The molecule has 0 aromatic heterocycles. The van der Waals surface area contributed by atoms with E-state index in [1.54, 1.807) is 11.8 Å². The molecule has 0 fully saturated rings. The van der Waals surface area contributed by atoms with Gasteiger partial charge in [0.2, 0.25) is 0 Å². The number of hydrogen-bond donors (Lipinski definition) is 0. The summed E-state index contributed by atoms with van der Waals surface area (Å²) < 4.78 is 2.46. The minimum atomic E-state index is 1.18. The Morgan fingerprint density at radius 1 is 1.50 bits per heavy atom.